The highest BCUT2D eigenvalue weighted by Crippen LogP contribution is 2.30. The smallest absolute Gasteiger partial charge is 0.256 e. The Hall–Kier alpha value is -3.88. The number of carbonyl (C=O) groups is 2. The van der Waals surface area contributed by atoms with Gasteiger partial charge in [0.25, 0.3) is 17.7 Å². The van der Waals surface area contributed by atoms with Crippen LogP contribution in [0, 0.1) is 6.92 Å². The molecule has 9 heteroatoms. The first-order valence-corrected chi connectivity index (χ1v) is 10.7. The first-order chi connectivity index (χ1) is 16.0. The molecule has 2 amide bonds. The molecule has 1 aromatic carbocycles. The number of hydrogen-bond donors (Lipinski definition) is 1. The number of likely N-dealkylation sites (tertiary alicyclic amines) is 1. The molecule has 2 atom stereocenters. The number of aryl methyl sites for hydroxylation is 1. The first-order valence-electron chi connectivity index (χ1n) is 10.7. The predicted molar refractivity (Wildman–Crippen MR) is 120 cm³/mol. The van der Waals surface area contributed by atoms with Gasteiger partial charge in [0, 0.05) is 37.3 Å². The van der Waals surface area contributed by atoms with E-state index in [1.54, 1.807) is 17.9 Å². The van der Waals surface area contributed by atoms with Crippen LogP contribution in [0.15, 0.2) is 53.3 Å². The third-order valence-electron chi connectivity index (χ3n) is 5.92. The summed E-state index contributed by atoms with van der Waals surface area (Å²) in [5, 5.41) is 6.81. The van der Waals surface area contributed by atoms with Gasteiger partial charge in [0.05, 0.1) is 26.0 Å². The normalized spacial score (nSPS) is 18.0. The molecule has 9 nitrogen and oxygen atoms in total. The zero-order valence-corrected chi connectivity index (χ0v) is 18.8. The number of aromatic nitrogens is 2. The third kappa shape index (κ3) is 4.67. The molecule has 3 aromatic rings. The van der Waals surface area contributed by atoms with E-state index < -0.39 is 0 Å². The number of ether oxygens (including phenoxy) is 2. The second-order valence-corrected chi connectivity index (χ2v) is 7.87. The third-order valence-corrected chi connectivity index (χ3v) is 5.92. The molecule has 1 N–H and O–H groups in total. The van der Waals surface area contributed by atoms with Gasteiger partial charge in [-0.15, -0.1) is 0 Å². The molecule has 0 spiro atoms. The molecule has 0 saturated carbocycles. The van der Waals surface area contributed by atoms with E-state index in [9.17, 15) is 9.59 Å². The summed E-state index contributed by atoms with van der Waals surface area (Å²) in [6.45, 7) is 2.64. The number of carbonyl (C=O) groups excluding carboxylic acids is 2. The molecule has 1 saturated heterocycles. The van der Waals surface area contributed by atoms with E-state index in [0.29, 0.717) is 48.0 Å². The van der Waals surface area contributed by atoms with Gasteiger partial charge >= 0.3 is 0 Å². The predicted octanol–water partition coefficient (Wildman–Crippen LogP) is 2.82. The highest BCUT2D eigenvalue weighted by molar-refractivity contribution is 5.95. The van der Waals surface area contributed by atoms with Gasteiger partial charge in [-0.3, -0.25) is 9.59 Å². The molecule has 33 heavy (non-hydrogen) atoms. The molecule has 2 aromatic heterocycles. The molecule has 3 heterocycles. The standard InChI is InChI=1S/C24H26N4O5/c1-15-18(13-26-33-15)22(29)27-20-9-10-28(14-19(20)16-7-5-4-6-8-16)24(30)17-11-21(31-2)23(32-3)25-12-17/h4-8,11-13,19-20H,9-10,14H2,1-3H3,(H,27,29)/t19-,20-/m1/s1. The van der Waals surface area contributed by atoms with E-state index in [2.05, 4.69) is 15.5 Å². The molecule has 1 aliphatic rings. The van der Waals surface area contributed by atoms with Crippen LogP contribution in [0.4, 0.5) is 0 Å². The van der Waals surface area contributed by atoms with Crippen molar-refractivity contribution in [1.29, 1.82) is 0 Å². The Balaban J connectivity index is 1.56. The fraction of sp³-hybridized carbons (Fsp3) is 0.333. The van der Waals surface area contributed by atoms with Crippen LogP contribution >= 0.6 is 0 Å². The number of amides is 2. The summed E-state index contributed by atoms with van der Waals surface area (Å²) in [7, 11) is 3.00. The molecule has 0 bridgehead atoms. The van der Waals surface area contributed by atoms with Gasteiger partial charge in [-0.1, -0.05) is 35.5 Å². The van der Waals surface area contributed by atoms with E-state index in [1.807, 2.05) is 30.3 Å². The van der Waals surface area contributed by atoms with Crippen molar-refractivity contribution in [2.45, 2.75) is 25.3 Å². The lowest BCUT2D eigenvalue weighted by Crippen LogP contribution is -2.51. The van der Waals surface area contributed by atoms with E-state index in [4.69, 9.17) is 14.0 Å². The van der Waals surface area contributed by atoms with Gasteiger partial charge in [0.15, 0.2) is 5.75 Å². The SMILES string of the molecule is COc1cc(C(=O)N2CC[C@@H](NC(=O)c3cnoc3C)[C@@H](c3ccccc3)C2)cnc1OC. The number of hydrogen-bond acceptors (Lipinski definition) is 7. The van der Waals surface area contributed by atoms with E-state index in [0.717, 1.165) is 5.56 Å². The zero-order chi connectivity index (χ0) is 23.4. The van der Waals surface area contributed by atoms with Crippen LogP contribution in [0.3, 0.4) is 0 Å². The molecule has 172 valence electrons. The van der Waals surface area contributed by atoms with Crippen molar-refractivity contribution < 1.29 is 23.6 Å². The summed E-state index contributed by atoms with van der Waals surface area (Å²) in [4.78, 5) is 32.1. The maximum absolute atomic E-state index is 13.3. The highest BCUT2D eigenvalue weighted by Gasteiger charge is 2.34. The van der Waals surface area contributed by atoms with Gasteiger partial charge in [-0.25, -0.2) is 4.98 Å². The van der Waals surface area contributed by atoms with Crippen molar-refractivity contribution in [2.75, 3.05) is 27.3 Å². The molecule has 0 unspecified atom stereocenters. The van der Waals surface area contributed by atoms with Crippen LogP contribution in [0.5, 0.6) is 11.6 Å². The second kappa shape index (κ2) is 9.72. The lowest BCUT2D eigenvalue weighted by atomic mass is 9.85. The van der Waals surface area contributed by atoms with E-state index >= 15 is 0 Å². The minimum Gasteiger partial charge on any atom is -0.491 e. The Morgan fingerprint density at radius 1 is 1.15 bits per heavy atom. The van der Waals surface area contributed by atoms with Crippen molar-refractivity contribution in [2.24, 2.45) is 0 Å². The Morgan fingerprint density at radius 2 is 1.94 bits per heavy atom. The number of rotatable bonds is 6. The van der Waals surface area contributed by atoms with Crippen molar-refractivity contribution in [1.82, 2.24) is 20.4 Å². The van der Waals surface area contributed by atoms with Crippen LogP contribution in [-0.4, -0.2) is 60.2 Å². The summed E-state index contributed by atoms with van der Waals surface area (Å²) >= 11 is 0. The molecule has 1 aliphatic heterocycles. The number of pyridine rings is 1. The molecule has 0 radical (unpaired) electrons. The van der Waals surface area contributed by atoms with Crippen LogP contribution in [0.25, 0.3) is 0 Å². The number of nitrogens with zero attached hydrogens (tertiary/aromatic N) is 3. The monoisotopic (exact) mass is 450 g/mol. The average molecular weight is 450 g/mol. The average Bonchev–Trinajstić information content (AvgIpc) is 3.29. The van der Waals surface area contributed by atoms with Crippen molar-refractivity contribution >= 4 is 11.8 Å². The highest BCUT2D eigenvalue weighted by atomic mass is 16.5. The minimum absolute atomic E-state index is 0.0823. The molecule has 0 aliphatic carbocycles. The second-order valence-electron chi connectivity index (χ2n) is 7.87. The van der Waals surface area contributed by atoms with Crippen LogP contribution in [-0.2, 0) is 0 Å². The minimum atomic E-state index is -0.233. The molecular weight excluding hydrogens is 424 g/mol. The largest absolute Gasteiger partial charge is 0.491 e. The number of piperidine rings is 1. The Labute approximate surface area is 191 Å². The molecular formula is C24H26N4O5. The fourth-order valence-electron chi connectivity index (χ4n) is 4.14. The zero-order valence-electron chi connectivity index (χ0n) is 18.8. The summed E-state index contributed by atoms with van der Waals surface area (Å²) in [5.41, 5.74) is 1.88. The first kappa shape index (κ1) is 22.3. The Bertz CT molecular complexity index is 1130. The number of nitrogens with one attached hydrogen (secondary N) is 1. The van der Waals surface area contributed by atoms with Crippen LogP contribution in [0.2, 0.25) is 0 Å². The lowest BCUT2D eigenvalue weighted by Gasteiger charge is -2.39. The van der Waals surface area contributed by atoms with Gasteiger partial charge in [0.2, 0.25) is 0 Å². The maximum Gasteiger partial charge on any atom is 0.256 e. The fourth-order valence-corrected chi connectivity index (χ4v) is 4.14. The number of methoxy groups -OCH3 is 2. The summed E-state index contributed by atoms with van der Waals surface area (Å²) in [5.74, 6) is 0.724. The maximum atomic E-state index is 13.3. The van der Waals surface area contributed by atoms with Crippen molar-refractivity contribution in [3.63, 3.8) is 0 Å². The topological polar surface area (TPSA) is 107 Å². The quantitative estimate of drug-likeness (QED) is 0.615. The van der Waals surface area contributed by atoms with Crippen LogP contribution < -0.4 is 14.8 Å². The van der Waals surface area contributed by atoms with Gasteiger partial charge in [0.1, 0.15) is 11.3 Å². The van der Waals surface area contributed by atoms with Gasteiger partial charge in [-0.05, 0) is 18.9 Å². The van der Waals surface area contributed by atoms with E-state index in [1.165, 1.54) is 26.6 Å². The summed E-state index contributed by atoms with van der Waals surface area (Å²) < 4.78 is 15.5. The van der Waals surface area contributed by atoms with Gasteiger partial charge < -0.3 is 24.2 Å². The summed E-state index contributed by atoms with van der Waals surface area (Å²) in [6.07, 6.45) is 3.51. The molecule has 4 rings (SSSR count). The molecule has 1 fully saturated rings. The van der Waals surface area contributed by atoms with Crippen molar-refractivity contribution in [3.8, 4) is 11.6 Å². The Kier molecular flexibility index (Phi) is 6.58. The van der Waals surface area contributed by atoms with Gasteiger partial charge in [-0.2, -0.15) is 0 Å². The number of benzene rings is 1. The lowest BCUT2D eigenvalue weighted by molar-refractivity contribution is 0.0670. The Morgan fingerprint density at radius 3 is 2.61 bits per heavy atom. The van der Waals surface area contributed by atoms with Crippen molar-refractivity contribution in [3.05, 3.63) is 71.2 Å². The van der Waals surface area contributed by atoms with Crippen LogP contribution in [0.1, 0.15) is 44.4 Å². The van der Waals surface area contributed by atoms with E-state index in [-0.39, 0.29) is 23.8 Å². The summed E-state index contributed by atoms with van der Waals surface area (Å²) in [6, 6.07) is 11.4.